The smallest absolute Gasteiger partial charge is 0.332 e. The Morgan fingerprint density at radius 1 is 0.975 bits per heavy atom. The van der Waals surface area contributed by atoms with Gasteiger partial charge in [0.2, 0.25) is 0 Å². The first-order valence-corrected chi connectivity index (χ1v) is 12.8. The molecule has 0 fully saturated rings. The minimum Gasteiger partial charge on any atom is -0.493 e. The van der Waals surface area contributed by atoms with Crippen molar-refractivity contribution in [2.75, 3.05) is 12.5 Å². The Morgan fingerprint density at radius 3 is 2.48 bits per heavy atom. The Hall–Kier alpha value is -4.54. The van der Waals surface area contributed by atoms with E-state index < -0.39 is 11.2 Å². The first kappa shape index (κ1) is 27.0. The molecule has 12 heteroatoms. The van der Waals surface area contributed by atoms with Crippen molar-refractivity contribution < 1.29 is 9.47 Å². The normalized spacial score (nSPS) is 11.3. The van der Waals surface area contributed by atoms with Crippen LogP contribution >= 0.6 is 23.2 Å². The van der Waals surface area contributed by atoms with Crippen LogP contribution in [0.25, 0.3) is 11.2 Å². The summed E-state index contributed by atoms with van der Waals surface area (Å²) in [5.41, 5.74) is 4.57. The fraction of sp³-hybridized carbons (Fsp3) is 0.143. The molecule has 0 saturated carbocycles. The van der Waals surface area contributed by atoms with Crippen LogP contribution in [-0.4, -0.2) is 32.0 Å². The number of rotatable bonds is 8. The van der Waals surface area contributed by atoms with Crippen molar-refractivity contribution in [2.24, 2.45) is 19.2 Å². The van der Waals surface area contributed by atoms with Gasteiger partial charge in [0.05, 0.1) is 25.6 Å². The van der Waals surface area contributed by atoms with E-state index in [1.165, 1.54) is 18.7 Å². The van der Waals surface area contributed by atoms with Crippen LogP contribution in [0.5, 0.6) is 17.5 Å². The molecular formula is C28H24Cl2N6O4. The molecule has 3 aromatic carbocycles. The number of anilines is 1. The highest BCUT2D eigenvalue weighted by Gasteiger charge is 2.22. The van der Waals surface area contributed by atoms with Crippen molar-refractivity contribution in [3.63, 3.8) is 0 Å². The maximum atomic E-state index is 13.2. The molecule has 0 unspecified atom stereocenters. The zero-order valence-electron chi connectivity index (χ0n) is 21.8. The van der Waals surface area contributed by atoms with Crippen LogP contribution in [0.15, 0.2) is 81.4 Å². The van der Waals surface area contributed by atoms with Crippen LogP contribution in [0, 0.1) is 0 Å². The van der Waals surface area contributed by atoms with Gasteiger partial charge in [-0.25, -0.2) is 4.79 Å². The van der Waals surface area contributed by atoms with Crippen LogP contribution < -0.4 is 26.1 Å². The SMILES string of the molecule is COc1cc(/C=N\Nc2ccccc2)ccc1Oc1nc2c(c(=O)n(C)c(=O)n2C)n1Cc1ccc(Cl)cc1Cl. The zero-order valence-corrected chi connectivity index (χ0v) is 23.3. The number of imidazole rings is 1. The van der Waals surface area contributed by atoms with E-state index in [4.69, 9.17) is 32.7 Å². The molecule has 40 heavy (non-hydrogen) atoms. The Labute approximate surface area is 238 Å². The van der Waals surface area contributed by atoms with E-state index in [1.54, 1.807) is 54.2 Å². The van der Waals surface area contributed by atoms with Gasteiger partial charge >= 0.3 is 11.7 Å². The Balaban J connectivity index is 1.55. The molecule has 0 amide bonds. The number of nitrogens with zero attached hydrogens (tertiary/aromatic N) is 5. The Bertz CT molecular complexity index is 1860. The predicted molar refractivity (Wildman–Crippen MR) is 157 cm³/mol. The number of benzene rings is 3. The number of methoxy groups -OCH3 is 1. The topological polar surface area (TPSA) is 105 Å². The summed E-state index contributed by atoms with van der Waals surface area (Å²) >= 11 is 12.5. The average Bonchev–Trinajstić information content (AvgIpc) is 3.31. The quantitative estimate of drug-likeness (QED) is 0.204. The van der Waals surface area contributed by atoms with Crippen molar-refractivity contribution >= 4 is 46.3 Å². The molecule has 0 aliphatic heterocycles. The van der Waals surface area contributed by atoms with E-state index in [-0.39, 0.29) is 23.7 Å². The van der Waals surface area contributed by atoms with Gasteiger partial charge in [0, 0.05) is 24.1 Å². The largest absolute Gasteiger partial charge is 0.493 e. The number of aromatic nitrogens is 4. The minimum atomic E-state index is -0.519. The minimum absolute atomic E-state index is 0.0739. The van der Waals surface area contributed by atoms with E-state index in [2.05, 4.69) is 15.5 Å². The molecule has 204 valence electrons. The predicted octanol–water partition coefficient (Wildman–Crippen LogP) is 5.04. The van der Waals surface area contributed by atoms with Crippen LogP contribution in [-0.2, 0) is 20.6 Å². The lowest BCUT2D eigenvalue weighted by atomic mass is 10.2. The fourth-order valence-corrected chi connectivity index (χ4v) is 4.58. The first-order chi connectivity index (χ1) is 19.3. The van der Waals surface area contributed by atoms with Gasteiger partial charge in [-0.05, 0) is 53.6 Å². The second kappa shape index (κ2) is 11.3. The van der Waals surface area contributed by atoms with E-state index in [1.807, 2.05) is 30.3 Å². The van der Waals surface area contributed by atoms with Gasteiger partial charge in [-0.15, -0.1) is 0 Å². The number of hydrogen-bond donors (Lipinski definition) is 1. The van der Waals surface area contributed by atoms with Crippen molar-refractivity contribution in [3.8, 4) is 17.5 Å². The number of hydrazone groups is 1. The van der Waals surface area contributed by atoms with Crippen LogP contribution in [0.2, 0.25) is 10.0 Å². The molecule has 0 aliphatic rings. The third-order valence-electron chi connectivity index (χ3n) is 6.23. The van der Waals surface area contributed by atoms with Crippen molar-refractivity contribution in [1.29, 1.82) is 0 Å². The maximum Gasteiger partial charge on any atom is 0.332 e. The summed E-state index contributed by atoms with van der Waals surface area (Å²) in [5.74, 6) is 0.754. The van der Waals surface area contributed by atoms with Crippen LogP contribution in [0.4, 0.5) is 5.69 Å². The average molecular weight is 579 g/mol. The van der Waals surface area contributed by atoms with Gasteiger partial charge in [0.25, 0.3) is 5.56 Å². The molecule has 0 bridgehead atoms. The monoisotopic (exact) mass is 578 g/mol. The molecular weight excluding hydrogens is 555 g/mol. The number of halogens is 2. The summed E-state index contributed by atoms with van der Waals surface area (Å²) in [4.78, 5) is 30.4. The van der Waals surface area contributed by atoms with E-state index in [9.17, 15) is 9.59 Å². The van der Waals surface area contributed by atoms with Gasteiger partial charge in [0.15, 0.2) is 22.7 Å². The molecule has 2 heterocycles. The molecule has 0 radical (unpaired) electrons. The fourth-order valence-electron chi connectivity index (χ4n) is 4.11. The summed E-state index contributed by atoms with van der Waals surface area (Å²) in [6.45, 7) is 0.132. The highest BCUT2D eigenvalue weighted by molar-refractivity contribution is 6.35. The summed E-state index contributed by atoms with van der Waals surface area (Å²) in [7, 11) is 4.47. The highest BCUT2D eigenvalue weighted by atomic mass is 35.5. The van der Waals surface area contributed by atoms with Gasteiger partial charge in [-0.3, -0.25) is 23.9 Å². The molecule has 5 aromatic rings. The molecule has 1 N–H and O–H groups in total. The van der Waals surface area contributed by atoms with Crippen LogP contribution in [0.1, 0.15) is 11.1 Å². The molecule has 10 nitrogen and oxygen atoms in total. The molecule has 0 saturated heterocycles. The molecule has 0 atom stereocenters. The second-order valence-electron chi connectivity index (χ2n) is 8.84. The highest BCUT2D eigenvalue weighted by Crippen LogP contribution is 2.34. The van der Waals surface area contributed by atoms with Gasteiger partial charge in [-0.1, -0.05) is 47.5 Å². The number of nitrogens with one attached hydrogen (secondary N) is 1. The third kappa shape index (κ3) is 5.31. The van der Waals surface area contributed by atoms with E-state index in [0.29, 0.717) is 27.1 Å². The lowest BCUT2D eigenvalue weighted by Crippen LogP contribution is -2.37. The van der Waals surface area contributed by atoms with Gasteiger partial charge in [0.1, 0.15) is 0 Å². The first-order valence-electron chi connectivity index (χ1n) is 12.1. The lowest BCUT2D eigenvalue weighted by molar-refractivity contribution is 0.361. The van der Waals surface area contributed by atoms with Gasteiger partial charge in [-0.2, -0.15) is 10.1 Å². The van der Waals surface area contributed by atoms with Crippen LogP contribution in [0.3, 0.4) is 0 Å². The van der Waals surface area contributed by atoms with E-state index >= 15 is 0 Å². The Kier molecular flexibility index (Phi) is 7.63. The molecule has 5 rings (SSSR count). The second-order valence-corrected chi connectivity index (χ2v) is 9.69. The van der Waals surface area contributed by atoms with Crippen molar-refractivity contribution in [2.45, 2.75) is 6.54 Å². The molecule has 0 spiro atoms. The number of hydrogen-bond acceptors (Lipinski definition) is 7. The third-order valence-corrected chi connectivity index (χ3v) is 6.81. The lowest BCUT2D eigenvalue weighted by Gasteiger charge is -2.13. The standard InChI is InChI=1S/C28H24Cl2N6O4/c1-34-25-24(26(37)35(2)28(34)38)36(16-18-10-11-19(29)14-21(18)30)27(32-25)40-22-12-9-17(13-23(22)39-3)15-31-33-20-7-5-4-6-8-20/h4-15,33H,16H2,1-3H3/b31-15-. The summed E-state index contributed by atoms with van der Waals surface area (Å²) in [6, 6.07) is 20.0. The van der Waals surface area contributed by atoms with Gasteiger partial charge < -0.3 is 9.47 Å². The van der Waals surface area contributed by atoms with Crippen molar-refractivity contribution in [1.82, 2.24) is 18.7 Å². The Morgan fingerprint density at radius 2 is 1.75 bits per heavy atom. The van der Waals surface area contributed by atoms with E-state index in [0.717, 1.165) is 15.8 Å². The number of aryl methyl sites for hydroxylation is 1. The number of fused-ring (bicyclic) bond motifs is 1. The number of para-hydroxylation sites is 1. The molecule has 0 aliphatic carbocycles. The summed E-state index contributed by atoms with van der Waals surface area (Å²) in [6.07, 6.45) is 1.65. The maximum absolute atomic E-state index is 13.2. The number of ether oxygens (including phenoxy) is 2. The zero-order chi connectivity index (χ0) is 28.4. The summed E-state index contributed by atoms with van der Waals surface area (Å²) < 4.78 is 15.7. The molecule has 2 aromatic heterocycles. The van der Waals surface area contributed by atoms with Crippen molar-refractivity contribution in [3.05, 3.63) is 109 Å². The summed E-state index contributed by atoms with van der Waals surface area (Å²) in [5, 5.41) is 5.15.